The molecule has 1 saturated carbocycles. The number of hydrogen-bond acceptors (Lipinski definition) is 2. The van der Waals surface area contributed by atoms with Crippen LogP contribution in [0.15, 0.2) is 0 Å². The van der Waals surface area contributed by atoms with Gasteiger partial charge in [0.05, 0.1) is 5.69 Å². The molecule has 3 heteroatoms. The first-order valence-electron chi connectivity index (χ1n) is 8.12. The Morgan fingerprint density at radius 3 is 2.53 bits per heavy atom. The molecule has 1 aromatic heterocycles. The zero-order valence-electron chi connectivity index (χ0n) is 12.6. The predicted octanol–water partition coefficient (Wildman–Crippen LogP) is 4.27. The summed E-state index contributed by atoms with van der Waals surface area (Å²) >= 11 is 0. The average Bonchev–Trinajstić information content (AvgIpc) is 3.03. The minimum atomic E-state index is 0.659. The van der Waals surface area contributed by atoms with Crippen LogP contribution in [0.25, 0.3) is 0 Å². The molecule has 1 aromatic rings. The van der Waals surface area contributed by atoms with Crippen LogP contribution in [0, 0.1) is 0 Å². The second-order valence-corrected chi connectivity index (χ2v) is 5.84. The van der Waals surface area contributed by atoms with Crippen molar-refractivity contribution in [3.63, 3.8) is 0 Å². The number of anilines is 1. The molecule has 0 aromatic carbocycles. The third-order valence-corrected chi connectivity index (χ3v) is 4.42. The summed E-state index contributed by atoms with van der Waals surface area (Å²) in [6.45, 7) is 5.38. The molecule has 0 aliphatic heterocycles. The van der Waals surface area contributed by atoms with Crippen molar-refractivity contribution in [2.75, 3.05) is 5.73 Å². The summed E-state index contributed by atoms with van der Waals surface area (Å²) in [4.78, 5) is 4.90. The Kier molecular flexibility index (Phi) is 5.29. The van der Waals surface area contributed by atoms with E-state index in [4.69, 9.17) is 10.7 Å². The van der Waals surface area contributed by atoms with Crippen LogP contribution in [0.5, 0.6) is 0 Å². The number of nitrogens with zero attached hydrogens (tertiary/aromatic N) is 2. The molecular formula is C16H29N3. The van der Waals surface area contributed by atoms with E-state index >= 15 is 0 Å². The van der Waals surface area contributed by atoms with Gasteiger partial charge in [0, 0.05) is 12.5 Å². The fourth-order valence-corrected chi connectivity index (χ4v) is 3.27. The third kappa shape index (κ3) is 3.31. The number of imidazole rings is 1. The molecule has 1 aliphatic rings. The number of unbranched alkanes of at least 4 members (excludes halogenated alkanes) is 3. The monoisotopic (exact) mass is 263 g/mol. The number of aromatic nitrogens is 2. The smallest absolute Gasteiger partial charge is 0.126 e. The first-order chi connectivity index (χ1) is 9.27. The fourth-order valence-electron chi connectivity index (χ4n) is 3.27. The number of rotatable bonds is 7. The number of hydrogen-bond donors (Lipinski definition) is 1. The van der Waals surface area contributed by atoms with Crippen molar-refractivity contribution in [1.29, 1.82) is 0 Å². The Morgan fingerprint density at radius 1 is 1.16 bits per heavy atom. The lowest BCUT2D eigenvalue weighted by Crippen LogP contribution is -2.08. The second kappa shape index (κ2) is 6.97. The van der Waals surface area contributed by atoms with Crippen LogP contribution in [-0.4, -0.2) is 9.55 Å². The van der Waals surface area contributed by atoms with Crippen molar-refractivity contribution in [2.45, 2.75) is 84.1 Å². The molecule has 0 amide bonds. The molecule has 1 heterocycles. The molecule has 3 nitrogen and oxygen atoms in total. The topological polar surface area (TPSA) is 43.8 Å². The summed E-state index contributed by atoms with van der Waals surface area (Å²) in [5, 5.41) is 0. The lowest BCUT2D eigenvalue weighted by atomic mass is 10.1. The first-order valence-corrected chi connectivity index (χ1v) is 8.12. The van der Waals surface area contributed by atoms with E-state index in [0.29, 0.717) is 5.92 Å². The van der Waals surface area contributed by atoms with E-state index in [1.807, 2.05) is 0 Å². The van der Waals surface area contributed by atoms with Crippen LogP contribution in [-0.2, 0) is 13.0 Å². The standard InChI is InChI=1S/C16H29N3/c1-3-5-6-7-12-14-15(17)19(4-2)16(18-14)13-10-8-9-11-13/h13H,3-12,17H2,1-2H3. The van der Waals surface area contributed by atoms with Crippen molar-refractivity contribution in [3.05, 3.63) is 11.5 Å². The molecular weight excluding hydrogens is 234 g/mol. The van der Waals surface area contributed by atoms with Crippen LogP contribution in [0.3, 0.4) is 0 Å². The first kappa shape index (κ1) is 14.4. The zero-order chi connectivity index (χ0) is 13.7. The van der Waals surface area contributed by atoms with E-state index in [1.165, 1.54) is 57.2 Å². The van der Waals surface area contributed by atoms with Gasteiger partial charge < -0.3 is 10.3 Å². The Hall–Kier alpha value is -0.990. The normalized spacial score (nSPS) is 16.3. The minimum absolute atomic E-state index is 0.659. The summed E-state index contributed by atoms with van der Waals surface area (Å²) in [5.41, 5.74) is 7.45. The molecule has 19 heavy (non-hydrogen) atoms. The molecule has 0 saturated heterocycles. The van der Waals surface area contributed by atoms with Gasteiger partial charge in [0.1, 0.15) is 11.6 Å². The third-order valence-electron chi connectivity index (χ3n) is 4.42. The van der Waals surface area contributed by atoms with Gasteiger partial charge in [-0.25, -0.2) is 4.98 Å². The predicted molar refractivity (Wildman–Crippen MR) is 81.4 cm³/mol. The molecule has 0 unspecified atom stereocenters. The average molecular weight is 263 g/mol. The molecule has 2 rings (SSSR count). The van der Waals surface area contributed by atoms with Crippen LogP contribution in [0.2, 0.25) is 0 Å². The van der Waals surface area contributed by atoms with Crippen LogP contribution in [0.1, 0.15) is 82.7 Å². The largest absolute Gasteiger partial charge is 0.384 e. The number of nitrogen functional groups attached to an aromatic ring is 1. The van der Waals surface area contributed by atoms with Crippen molar-refractivity contribution in [1.82, 2.24) is 9.55 Å². The molecule has 1 aliphatic carbocycles. The van der Waals surface area contributed by atoms with Crippen LogP contribution in [0.4, 0.5) is 5.82 Å². The summed E-state index contributed by atoms with van der Waals surface area (Å²) < 4.78 is 2.26. The van der Waals surface area contributed by atoms with Crippen molar-refractivity contribution in [3.8, 4) is 0 Å². The van der Waals surface area contributed by atoms with Crippen LogP contribution >= 0.6 is 0 Å². The Balaban J connectivity index is 2.06. The summed E-state index contributed by atoms with van der Waals surface area (Å²) in [6, 6.07) is 0. The minimum Gasteiger partial charge on any atom is -0.384 e. The van der Waals surface area contributed by atoms with Gasteiger partial charge in [-0.3, -0.25) is 0 Å². The van der Waals surface area contributed by atoms with Crippen LogP contribution < -0.4 is 5.73 Å². The molecule has 0 atom stereocenters. The second-order valence-electron chi connectivity index (χ2n) is 5.84. The summed E-state index contributed by atoms with van der Waals surface area (Å²) in [5.74, 6) is 2.86. The van der Waals surface area contributed by atoms with Crippen molar-refractivity contribution >= 4 is 5.82 Å². The van der Waals surface area contributed by atoms with E-state index < -0.39 is 0 Å². The van der Waals surface area contributed by atoms with Gasteiger partial charge in [0.25, 0.3) is 0 Å². The number of aryl methyl sites for hydroxylation is 1. The highest BCUT2D eigenvalue weighted by Gasteiger charge is 2.24. The fraction of sp³-hybridized carbons (Fsp3) is 0.812. The van der Waals surface area contributed by atoms with Gasteiger partial charge in [-0.1, -0.05) is 39.0 Å². The Morgan fingerprint density at radius 2 is 1.89 bits per heavy atom. The lowest BCUT2D eigenvalue weighted by molar-refractivity contribution is 0.603. The number of nitrogens with two attached hydrogens (primary N) is 1. The van der Waals surface area contributed by atoms with Gasteiger partial charge in [0.15, 0.2) is 0 Å². The molecule has 0 radical (unpaired) electrons. The lowest BCUT2D eigenvalue weighted by Gasteiger charge is -2.11. The van der Waals surface area contributed by atoms with E-state index in [2.05, 4.69) is 18.4 Å². The maximum atomic E-state index is 6.30. The SMILES string of the molecule is CCCCCCc1nc(C2CCCC2)n(CC)c1N. The summed E-state index contributed by atoms with van der Waals surface area (Å²) in [7, 11) is 0. The molecule has 2 N–H and O–H groups in total. The maximum absolute atomic E-state index is 6.30. The maximum Gasteiger partial charge on any atom is 0.126 e. The van der Waals surface area contributed by atoms with E-state index in [1.54, 1.807) is 0 Å². The van der Waals surface area contributed by atoms with E-state index in [-0.39, 0.29) is 0 Å². The van der Waals surface area contributed by atoms with Crippen molar-refractivity contribution in [2.24, 2.45) is 0 Å². The molecule has 0 bridgehead atoms. The van der Waals surface area contributed by atoms with Crippen molar-refractivity contribution < 1.29 is 0 Å². The van der Waals surface area contributed by atoms with E-state index in [9.17, 15) is 0 Å². The Bertz CT molecular complexity index is 389. The zero-order valence-corrected chi connectivity index (χ0v) is 12.6. The molecule has 0 spiro atoms. The van der Waals surface area contributed by atoms with E-state index in [0.717, 1.165) is 24.5 Å². The highest BCUT2D eigenvalue weighted by molar-refractivity contribution is 5.39. The highest BCUT2D eigenvalue weighted by atomic mass is 15.1. The van der Waals surface area contributed by atoms with Gasteiger partial charge in [-0.15, -0.1) is 0 Å². The van der Waals surface area contributed by atoms with Gasteiger partial charge in [-0.2, -0.15) is 0 Å². The van der Waals surface area contributed by atoms with Gasteiger partial charge in [0.2, 0.25) is 0 Å². The molecule has 108 valence electrons. The summed E-state index contributed by atoms with van der Waals surface area (Å²) in [6.07, 6.45) is 11.5. The highest BCUT2D eigenvalue weighted by Crippen LogP contribution is 2.35. The Labute approximate surface area is 117 Å². The molecule has 1 fully saturated rings. The van der Waals surface area contributed by atoms with Gasteiger partial charge >= 0.3 is 0 Å². The van der Waals surface area contributed by atoms with Gasteiger partial charge in [-0.05, 0) is 32.6 Å². The quantitative estimate of drug-likeness (QED) is 0.747.